The van der Waals surface area contributed by atoms with Crippen molar-refractivity contribution in [2.24, 2.45) is 11.1 Å². The molecule has 3 rings (SSSR count). The van der Waals surface area contributed by atoms with E-state index in [0.717, 1.165) is 27.8 Å². The number of nitrogens with zero attached hydrogens (tertiary/aromatic N) is 2. The van der Waals surface area contributed by atoms with Crippen molar-refractivity contribution in [1.82, 2.24) is 10.2 Å². The highest BCUT2D eigenvalue weighted by atomic mass is 35.5. The summed E-state index contributed by atoms with van der Waals surface area (Å²) in [6.45, 7) is 0.595. The Bertz CT molecular complexity index is 658. The van der Waals surface area contributed by atoms with Gasteiger partial charge in [0.15, 0.2) is 4.34 Å². The molecule has 0 aliphatic heterocycles. The van der Waals surface area contributed by atoms with Gasteiger partial charge in [0, 0.05) is 17.0 Å². The first-order valence-corrected chi connectivity index (χ1v) is 9.93. The summed E-state index contributed by atoms with van der Waals surface area (Å²) in [5, 5.41) is 10.8. The van der Waals surface area contributed by atoms with Crippen molar-refractivity contribution in [2.75, 3.05) is 11.9 Å². The predicted molar refractivity (Wildman–Crippen MR) is 106 cm³/mol. The standard InChI is InChI=1S/C17H22N4OS2.ClH/c18-11-17(8-2-1-3-9-17)10-15(22)20-13-4-6-14(7-5-13)24-16-21-19-12-23-16;/h4-7,12H,1-3,8-11,18H2,(H,20,22);1H. The number of nitrogens with one attached hydrogen (secondary N) is 1. The summed E-state index contributed by atoms with van der Waals surface area (Å²) in [7, 11) is 0. The number of rotatable bonds is 6. The van der Waals surface area contributed by atoms with Crippen LogP contribution >= 0.6 is 35.5 Å². The number of carbonyl (C=O) groups excluding carboxylic acids is 1. The summed E-state index contributed by atoms with van der Waals surface area (Å²) in [6.07, 6.45) is 6.27. The van der Waals surface area contributed by atoms with E-state index in [1.165, 1.54) is 30.6 Å². The average Bonchev–Trinajstić information content (AvgIpc) is 3.10. The molecule has 1 aliphatic carbocycles. The molecule has 1 aliphatic rings. The number of nitrogens with two attached hydrogens (primary N) is 1. The topological polar surface area (TPSA) is 80.9 Å². The third kappa shape index (κ3) is 5.67. The lowest BCUT2D eigenvalue weighted by Gasteiger charge is -2.35. The molecule has 1 amide bonds. The molecule has 1 heterocycles. The molecule has 0 bridgehead atoms. The van der Waals surface area contributed by atoms with Crippen LogP contribution in [0.1, 0.15) is 38.5 Å². The van der Waals surface area contributed by atoms with Gasteiger partial charge in [0.25, 0.3) is 0 Å². The third-order valence-electron chi connectivity index (χ3n) is 4.57. The number of benzene rings is 1. The van der Waals surface area contributed by atoms with Crippen LogP contribution in [-0.2, 0) is 4.79 Å². The third-order valence-corrected chi connectivity index (χ3v) is 6.35. The van der Waals surface area contributed by atoms with Crippen molar-refractivity contribution in [3.8, 4) is 0 Å². The lowest BCUT2D eigenvalue weighted by Crippen LogP contribution is -2.36. The van der Waals surface area contributed by atoms with Crippen molar-refractivity contribution in [3.63, 3.8) is 0 Å². The van der Waals surface area contributed by atoms with Gasteiger partial charge in [0.1, 0.15) is 5.51 Å². The first-order chi connectivity index (χ1) is 11.7. The van der Waals surface area contributed by atoms with Gasteiger partial charge < -0.3 is 11.1 Å². The van der Waals surface area contributed by atoms with E-state index >= 15 is 0 Å². The molecular formula is C17H23ClN4OS2. The predicted octanol–water partition coefficient (Wildman–Crippen LogP) is 4.35. The van der Waals surface area contributed by atoms with Crippen LogP contribution in [0.25, 0.3) is 0 Å². The fourth-order valence-corrected chi connectivity index (χ4v) is 4.67. The van der Waals surface area contributed by atoms with Crippen LogP contribution in [0.2, 0.25) is 0 Å². The molecule has 1 aromatic heterocycles. The summed E-state index contributed by atoms with van der Waals surface area (Å²) in [5.41, 5.74) is 8.51. The van der Waals surface area contributed by atoms with Gasteiger partial charge in [-0.15, -0.1) is 22.6 Å². The minimum Gasteiger partial charge on any atom is -0.330 e. The Morgan fingerprint density at radius 2 is 1.96 bits per heavy atom. The Kier molecular flexibility index (Phi) is 7.68. The second-order valence-electron chi connectivity index (χ2n) is 6.32. The van der Waals surface area contributed by atoms with Gasteiger partial charge in [0.2, 0.25) is 5.91 Å². The Hall–Kier alpha value is -1.15. The van der Waals surface area contributed by atoms with Crippen LogP contribution in [0.4, 0.5) is 5.69 Å². The molecule has 1 aromatic carbocycles. The maximum Gasteiger partial charge on any atom is 0.224 e. The lowest BCUT2D eigenvalue weighted by atomic mass is 9.71. The number of hydrogen-bond acceptors (Lipinski definition) is 6. The molecule has 1 fully saturated rings. The number of carbonyl (C=O) groups is 1. The molecule has 0 atom stereocenters. The van der Waals surface area contributed by atoms with Gasteiger partial charge in [-0.25, -0.2) is 0 Å². The molecular weight excluding hydrogens is 376 g/mol. The maximum atomic E-state index is 12.4. The molecule has 5 nitrogen and oxygen atoms in total. The highest BCUT2D eigenvalue weighted by Gasteiger charge is 2.32. The molecule has 0 unspecified atom stereocenters. The van der Waals surface area contributed by atoms with Crippen LogP contribution < -0.4 is 11.1 Å². The number of hydrogen-bond donors (Lipinski definition) is 2. The zero-order valence-electron chi connectivity index (χ0n) is 13.9. The molecule has 0 radical (unpaired) electrons. The monoisotopic (exact) mass is 398 g/mol. The Morgan fingerprint density at radius 3 is 2.56 bits per heavy atom. The van der Waals surface area contributed by atoms with E-state index in [-0.39, 0.29) is 23.7 Å². The van der Waals surface area contributed by atoms with Gasteiger partial charge in [0.05, 0.1) is 0 Å². The molecule has 136 valence electrons. The Morgan fingerprint density at radius 1 is 1.24 bits per heavy atom. The van der Waals surface area contributed by atoms with E-state index in [4.69, 9.17) is 5.73 Å². The molecule has 25 heavy (non-hydrogen) atoms. The number of amides is 1. The number of aromatic nitrogens is 2. The van der Waals surface area contributed by atoms with Gasteiger partial charge in [-0.2, -0.15) is 0 Å². The van der Waals surface area contributed by atoms with E-state index in [0.29, 0.717) is 13.0 Å². The van der Waals surface area contributed by atoms with Crippen LogP contribution in [0.15, 0.2) is 39.0 Å². The van der Waals surface area contributed by atoms with Gasteiger partial charge in [-0.05, 0) is 49.1 Å². The quantitative estimate of drug-likeness (QED) is 0.755. The molecule has 1 saturated carbocycles. The van der Waals surface area contributed by atoms with Crippen LogP contribution in [0, 0.1) is 5.41 Å². The van der Waals surface area contributed by atoms with Crippen molar-refractivity contribution in [2.45, 2.75) is 47.8 Å². The van der Waals surface area contributed by atoms with Gasteiger partial charge in [-0.1, -0.05) is 42.4 Å². The highest BCUT2D eigenvalue weighted by molar-refractivity contribution is 8.01. The van der Waals surface area contributed by atoms with E-state index in [9.17, 15) is 4.79 Å². The average molecular weight is 399 g/mol. The lowest BCUT2D eigenvalue weighted by molar-refractivity contribution is -0.118. The van der Waals surface area contributed by atoms with Crippen molar-refractivity contribution in [1.29, 1.82) is 0 Å². The summed E-state index contributed by atoms with van der Waals surface area (Å²) in [5.74, 6) is 0.0619. The fourth-order valence-electron chi connectivity index (χ4n) is 3.22. The second kappa shape index (κ2) is 9.52. The number of halogens is 1. The van der Waals surface area contributed by atoms with Crippen molar-refractivity contribution < 1.29 is 4.79 Å². The minimum absolute atomic E-state index is 0. The maximum absolute atomic E-state index is 12.4. The van der Waals surface area contributed by atoms with Crippen molar-refractivity contribution in [3.05, 3.63) is 29.8 Å². The first-order valence-electron chi connectivity index (χ1n) is 8.23. The molecule has 2 aromatic rings. The summed E-state index contributed by atoms with van der Waals surface area (Å²) < 4.78 is 0.911. The second-order valence-corrected chi connectivity index (χ2v) is 8.47. The summed E-state index contributed by atoms with van der Waals surface area (Å²) in [6, 6.07) is 7.83. The normalized spacial score (nSPS) is 16.0. The van der Waals surface area contributed by atoms with E-state index in [1.54, 1.807) is 17.3 Å². The van der Waals surface area contributed by atoms with Gasteiger partial charge in [-0.3, -0.25) is 4.79 Å². The molecule has 8 heteroatoms. The minimum atomic E-state index is -0.00400. The van der Waals surface area contributed by atoms with Crippen LogP contribution in [0.5, 0.6) is 0 Å². The zero-order valence-corrected chi connectivity index (χ0v) is 16.4. The SMILES string of the molecule is Cl.NCC1(CC(=O)Nc2ccc(Sc3nncs3)cc2)CCCCC1. The Balaban J connectivity index is 0.00000225. The molecule has 0 spiro atoms. The summed E-state index contributed by atoms with van der Waals surface area (Å²) in [4.78, 5) is 13.5. The van der Waals surface area contributed by atoms with Gasteiger partial charge >= 0.3 is 0 Å². The van der Waals surface area contributed by atoms with Crippen LogP contribution in [0.3, 0.4) is 0 Å². The van der Waals surface area contributed by atoms with Crippen molar-refractivity contribution >= 4 is 47.1 Å². The van der Waals surface area contributed by atoms with E-state index in [1.807, 2.05) is 24.3 Å². The first kappa shape index (κ1) is 20.2. The molecule has 3 N–H and O–H groups in total. The zero-order chi connectivity index (χ0) is 16.8. The largest absolute Gasteiger partial charge is 0.330 e. The summed E-state index contributed by atoms with van der Waals surface area (Å²) >= 11 is 3.08. The fraction of sp³-hybridized carbons (Fsp3) is 0.471. The number of anilines is 1. The van der Waals surface area contributed by atoms with Crippen LogP contribution in [-0.4, -0.2) is 22.6 Å². The van der Waals surface area contributed by atoms with E-state index < -0.39 is 0 Å². The van der Waals surface area contributed by atoms with E-state index in [2.05, 4.69) is 15.5 Å². The molecule has 0 saturated heterocycles. The Labute approximate surface area is 162 Å². The smallest absolute Gasteiger partial charge is 0.224 e. The highest BCUT2D eigenvalue weighted by Crippen LogP contribution is 2.38.